The molecular weight excluding hydrogens is 389 g/mol. The lowest BCUT2D eigenvalue weighted by Crippen LogP contribution is -2.47. The van der Waals surface area contributed by atoms with Crippen LogP contribution >= 0.6 is 0 Å². The molecular formula is C21H22FN5O3. The number of pyridine rings is 1. The van der Waals surface area contributed by atoms with Crippen molar-refractivity contribution in [3.05, 3.63) is 57.9 Å². The van der Waals surface area contributed by atoms with Gasteiger partial charge in [-0.05, 0) is 31.5 Å². The lowest BCUT2D eigenvalue weighted by molar-refractivity contribution is 0.0695. The summed E-state index contributed by atoms with van der Waals surface area (Å²) in [6.07, 6.45) is 4.86. The molecule has 1 fully saturated rings. The van der Waals surface area contributed by atoms with Crippen LogP contribution in [0.15, 0.2) is 35.5 Å². The first-order chi connectivity index (χ1) is 14.4. The first-order valence-electron chi connectivity index (χ1n) is 9.77. The average Bonchev–Trinajstić information content (AvgIpc) is 2.74. The summed E-state index contributed by atoms with van der Waals surface area (Å²) in [6.45, 7) is 6.66. The third-order valence-corrected chi connectivity index (χ3v) is 5.39. The van der Waals surface area contributed by atoms with E-state index in [2.05, 4.69) is 14.9 Å². The Morgan fingerprint density at radius 2 is 1.77 bits per heavy atom. The maximum atomic E-state index is 14.9. The minimum Gasteiger partial charge on any atom is -0.477 e. The van der Waals surface area contributed by atoms with Crippen LogP contribution in [0.1, 0.15) is 22.8 Å². The van der Waals surface area contributed by atoms with Crippen LogP contribution in [-0.2, 0) is 6.54 Å². The van der Waals surface area contributed by atoms with Gasteiger partial charge in [-0.1, -0.05) is 0 Å². The Hall–Kier alpha value is -3.49. The van der Waals surface area contributed by atoms with E-state index in [4.69, 9.17) is 0 Å². The Labute approximate surface area is 172 Å². The van der Waals surface area contributed by atoms with E-state index < -0.39 is 17.2 Å². The summed E-state index contributed by atoms with van der Waals surface area (Å²) in [7, 11) is 0. The Morgan fingerprint density at radius 1 is 1.13 bits per heavy atom. The zero-order valence-corrected chi connectivity index (χ0v) is 16.8. The molecule has 0 saturated carbocycles. The summed E-state index contributed by atoms with van der Waals surface area (Å²) in [6, 6.07) is 2.79. The number of carbonyl (C=O) groups is 1. The predicted molar refractivity (Wildman–Crippen MR) is 112 cm³/mol. The molecule has 3 aromatic rings. The molecule has 1 aliphatic heterocycles. The maximum Gasteiger partial charge on any atom is 0.341 e. The third kappa shape index (κ3) is 3.47. The van der Waals surface area contributed by atoms with Crippen LogP contribution in [0.25, 0.3) is 10.9 Å². The van der Waals surface area contributed by atoms with Crippen LogP contribution in [0.5, 0.6) is 0 Å². The van der Waals surface area contributed by atoms with E-state index in [1.807, 2.05) is 18.7 Å². The number of carboxylic acid groups (broad SMARTS) is 1. The summed E-state index contributed by atoms with van der Waals surface area (Å²) in [4.78, 5) is 36.6. The second-order valence-electron chi connectivity index (χ2n) is 7.32. The Kier molecular flexibility index (Phi) is 5.11. The number of benzene rings is 1. The van der Waals surface area contributed by atoms with Crippen molar-refractivity contribution in [2.45, 2.75) is 20.4 Å². The van der Waals surface area contributed by atoms with Crippen molar-refractivity contribution >= 4 is 28.5 Å². The van der Waals surface area contributed by atoms with E-state index in [0.717, 1.165) is 11.6 Å². The number of aromatic carboxylic acids is 1. The smallest absolute Gasteiger partial charge is 0.341 e. The van der Waals surface area contributed by atoms with Crippen LogP contribution < -0.4 is 15.2 Å². The topological polar surface area (TPSA) is 91.6 Å². The van der Waals surface area contributed by atoms with E-state index in [9.17, 15) is 19.1 Å². The normalized spacial score (nSPS) is 14.4. The molecule has 2 aromatic heterocycles. The van der Waals surface area contributed by atoms with Crippen LogP contribution in [0.2, 0.25) is 0 Å². The molecule has 30 heavy (non-hydrogen) atoms. The Balaban J connectivity index is 1.66. The molecule has 0 atom stereocenters. The van der Waals surface area contributed by atoms with Gasteiger partial charge in [0.25, 0.3) is 0 Å². The van der Waals surface area contributed by atoms with Gasteiger partial charge in [0.1, 0.15) is 11.4 Å². The van der Waals surface area contributed by atoms with E-state index >= 15 is 0 Å². The fraction of sp³-hybridized carbons (Fsp3) is 0.333. The van der Waals surface area contributed by atoms with E-state index in [1.54, 1.807) is 23.0 Å². The minimum absolute atomic E-state index is 0.0738. The zero-order chi connectivity index (χ0) is 21.4. The molecule has 156 valence electrons. The van der Waals surface area contributed by atoms with Crippen LogP contribution in [-0.4, -0.2) is 51.8 Å². The summed E-state index contributed by atoms with van der Waals surface area (Å²) in [5.41, 5.74) is 0.880. The number of aryl methyl sites for hydroxylation is 2. The second-order valence-corrected chi connectivity index (χ2v) is 7.32. The van der Waals surface area contributed by atoms with Gasteiger partial charge in [0.15, 0.2) is 0 Å². The summed E-state index contributed by atoms with van der Waals surface area (Å²) in [5, 5.41) is 9.35. The van der Waals surface area contributed by atoms with Gasteiger partial charge in [-0.2, -0.15) is 0 Å². The first-order valence-corrected chi connectivity index (χ1v) is 9.77. The van der Waals surface area contributed by atoms with Crippen molar-refractivity contribution in [1.82, 2.24) is 14.5 Å². The van der Waals surface area contributed by atoms with E-state index in [-0.39, 0.29) is 10.9 Å². The first kappa shape index (κ1) is 19.8. The van der Waals surface area contributed by atoms with Crippen LogP contribution in [0.4, 0.5) is 16.0 Å². The number of rotatable bonds is 4. The Morgan fingerprint density at radius 3 is 2.37 bits per heavy atom. The monoisotopic (exact) mass is 411 g/mol. The van der Waals surface area contributed by atoms with Crippen molar-refractivity contribution in [3.8, 4) is 0 Å². The van der Waals surface area contributed by atoms with Gasteiger partial charge in [-0.3, -0.25) is 4.79 Å². The quantitative estimate of drug-likeness (QED) is 0.704. The van der Waals surface area contributed by atoms with Crippen molar-refractivity contribution in [2.24, 2.45) is 0 Å². The molecule has 0 radical (unpaired) electrons. The maximum absolute atomic E-state index is 14.9. The number of carboxylic acids is 1. The highest BCUT2D eigenvalue weighted by molar-refractivity contribution is 5.93. The number of piperazine rings is 1. The summed E-state index contributed by atoms with van der Waals surface area (Å²) < 4.78 is 16.6. The lowest BCUT2D eigenvalue weighted by atomic mass is 10.1. The SMILES string of the molecule is CCn1cc(C(=O)O)c(=O)c2cc(F)c(N3CCN(c4ncc(C)cn4)CC3)cc21. The number of hydrogen-bond donors (Lipinski definition) is 1. The number of hydrogen-bond acceptors (Lipinski definition) is 6. The van der Waals surface area contributed by atoms with Gasteiger partial charge in [-0.15, -0.1) is 0 Å². The van der Waals surface area contributed by atoms with Crippen molar-refractivity contribution in [1.29, 1.82) is 0 Å². The van der Waals surface area contributed by atoms with Crippen molar-refractivity contribution < 1.29 is 14.3 Å². The van der Waals surface area contributed by atoms with Crippen molar-refractivity contribution in [2.75, 3.05) is 36.0 Å². The molecule has 1 N–H and O–H groups in total. The van der Waals surface area contributed by atoms with E-state index in [0.29, 0.717) is 49.9 Å². The van der Waals surface area contributed by atoms with Gasteiger partial charge in [0, 0.05) is 56.7 Å². The molecule has 3 heterocycles. The number of aromatic nitrogens is 3. The Bertz CT molecular complexity index is 1170. The highest BCUT2D eigenvalue weighted by atomic mass is 19.1. The molecule has 9 heteroatoms. The molecule has 0 amide bonds. The predicted octanol–water partition coefficient (Wildman–Crippen LogP) is 2.28. The lowest BCUT2D eigenvalue weighted by Gasteiger charge is -2.36. The molecule has 0 aliphatic carbocycles. The van der Waals surface area contributed by atoms with Crippen LogP contribution in [0.3, 0.4) is 0 Å². The van der Waals surface area contributed by atoms with Crippen molar-refractivity contribution in [3.63, 3.8) is 0 Å². The zero-order valence-electron chi connectivity index (χ0n) is 16.8. The van der Waals surface area contributed by atoms with Gasteiger partial charge in [-0.25, -0.2) is 19.2 Å². The third-order valence-electron chi connectivity index (χ3n) is 5.39. The largest absolute Gasteiger partial charge is 0.477 e. The molecule has 0 bridgehead atoms. The molecule has 1 saturated heterocycles. The van der Waals surface area contributed by atoms with Gasteiger partial charge < -0.3 is 19.5 Å². The van der Waals surface area contributed by atoms with Crippen LogP contribution in [0, 0.1) is 12.7 Å². The van der Waals surface area contributed by atoms with E-state index in [1.165, 1.54) is 6.20 Å². The number of nitrogens with zero attached hydrogens (tertiary/aromatic N) is 5. The molecule has 1 aromatic carbocycles. The number of halogens is 1. The van der Waals surface area contributed by atoms with Gasteiger partial charge in [0.2, 0.25) is 11.4 Å². The standard InChI is InChI=1S/C21H22FN5O3/c1-3-25-12-15(20(29)30)19(28)14-8-16(22)18(9-17(14)25)26-4-6-27(7-5-26)21-23-10-13(2)11-24-21/h8-12H,3-7H2,1-2H3,(H,29,30). The van der Waals surface area contributed by atoms with Gasteiger partial charge >= 0.3 is 5.97 Å². The fourth-order valence-corrected chi connectivity index (χ4v) is 3.75. The number of fused-ring (bicyclic) bond motifs is 1. The summed E-state index contributed by atoms with van der Waals surface area (Å²) in [5.74, 6) is -1.20. The second kappa shape index (κ2) is 7.74. The minimum atomic E-state index is -1.32. The molecule has 0 unspecified atom stereocenters. The highest BCUT2D eigenvalue weighted by Crippen LogP contribution is 2.27. The fourth-order valence-electron chi connectivity index (χ4n) is 3.75. The molecule has 8 nitrogen and oxygen atoms in total. The van der Waals surface area contributed by atoms with Gasteiger partial charge in [0.05, 0.1) is 11.2 Å². The molecule has 4 rings (SSSR count). The summed E-state index contributed by atoms with van der Waals surface area (Å²) >= 11 is 0. The average molecular weight is 411 g/mol. The number of anilines is 2. The molecule has 0 spiro atoms. The molecule has 1 aliphatic rings. The highest BCUT2D eigenvalue weighted by Gasteiger charge is 2.23.